The second-order valence-corrected chi connectivity index (χ2v) is 12.6. The van der Waals surface area contributed by atoms with E-state index in [9.17, 15) is 23.1 Å². The molecule has 4 aromatic heterocycles. The maximum Gasteiger partial charge on any atom is 0.451 e. The molecule has 16 heteroatoms. The smallest absolute Gasteiger partial charge is 0.451 e. The Morgan fingerprint density at radius 1 is 1.10 bits per heavy atom. The summed E-state index contributed by atoms with van der Waals surface area (Å²) in [6.45, 7) is 3.77. The Labute approximate surface area is 283 Å². The molecule has 0 saturated carbocycles. The highest BCUT2D eigenvalue weighted by molar-refractivity contribution is 6.06. The third kappa shape index (κ3) is 5.38. The van der Waals surface area contributed by atoms with Crippen molar-refractivity contribution in [1.82, 2.24) is 19.9 Å². The average molecular weight is 692 g/mol. The van der Waals surface area contributed by atoms with Crippen LogP contribution in [0.1, 0.15) is 19.2 Å². The quantitative estimate of drug-likeness (QED) is 0.236. The van der Waals surface area contributed by atoms with Gasteiger partial charge < -0.3 is 38.9 Å². The molecule has 0 aliphatic carbocycles. The number of carboxylic acids is 1. The van der Waals surface area contributed by atoms with Gasteiger partial charge in [0.25, 0.3) is 0 Å². The Kier molecular flexibility index (Phi) is 7.67. The van der Waals surface area contributed by atoms with Crippen LogP contribution < -0.4 is 19.9 Å². The number of carbonyl (C=O) groups is 1. The highest BCUT2D eigenvalue weighted by atomic mass is 19.4. The normalized spacial score (nSPS) is 21.9. The Hall–Kier alpha value is -5.22. The minimum atomic E-state index is -4.89. The molecule has 1 aromatic carbocycles. The first-order valence-corrected chi connectivity index (χ1v) is 16.1. The predicted molar refractivity (Wildman–Crippen MR) is 175 cm³/mol. The molecule has 50 heavy (non-hydrogen) atoms. The van der Waals surface area contributed by atoms with Gasteiger partial charge in [0.15, 0.2) is 11.4 Å². The zero-order valence-corrected chi connectivity index (χ0v) is 27.0. The summed E-state index contributed by atoms with van der Waals surface area (Å²) in [6, 6.07) is 12.7. The van der Waals surface area contributed by atoms with E-state index in [4.69, 9.17) is 23.6 Å². The van der Waals surface area contributed by atoms with Crippen molar-refractivity contribution in [2.75, 3.05) is 55.1 Å². The van der Waals surface area contributed by atoms with Gasteiger partial charge in [0.05, 0.1) is 38.1 Å². The van der Waals surface area contributed by atoms with E-state index in [0.29, 0.717) is 54.5 Å². The van der Waals surface area contributed by atoms with Crippen molar-refractivity contribution in [3.05, 3.63) is 60.6 Å². The van der Waals surface area contributed by atoms with Crippen molar-refractivity contribution in [1.29, 1.82) is 0 Å². The fourth-order valence-corrected chi connectivity index (χ4v) is 6.92. The van der Waals surface area contributed by atoms with E-state index < -0.39 is 35.7 Å². The number of ether oxygens (including phenoxy) is 3. The molecule has 1 unspecified atom stereocenters. The third-order valence-corrected chi connectivity index (χ3v) is 9.64. The zero-order valence-electron chi connectivity index (χ0n) is 27.0. The summed E-state index contributed by atoms with van der Waals surface area (Å²) >= 11 is 0. The number of halogens is 3. The van der Waals surface area contributed by atoms with Gasteiger partial charge >= 0.3 is 12.1 Å². The molecule has 1 spiro atoms. The van der Waals surface area contributed by atoms with Crippen LogP contribution >= 0.6 is 0 Å². The van der Waals surface area contributed by atoms with Crippen LogP contribution in [0, 0.1) is 0 Å². The summed E-state index contributed by atoms with van der Waals surface area (Å²) in [6.07, 6.45) is -4.11. The number of anilines is 3. The van der Waals surface area contributed by atoms with E-state index in [-0.39, 0.29) is 41.8 Å². The molecule has 260 valence electrons. The number of rotatable bonds is 7. The lowest BCUT2D eigenvalue weighted by Gasteiger charge is -2.53. The van der Waals surface area contributed by atoms with E-state index >= 15 is 0 Å². The maximum absolute atomic E-state index is 14.1. The van der Waals surface area contributed by atoms with Gasteiger partial charge in [-0.15, -0.1) is 0 Å². The number of pyridine rings is 2. The Balaban J connectivity index is 1.18. The number of aliphatic carboxylic acids is 1. The molecule has 2 N–H and O–H groups in total. The fraction of sp³-hybridized carbons (Fsp3) is 0.382. The molecule has 3 aliphatic heterocycles. The standard InChI is InChI=1S/C34H32F3N7O6/c1-18-33(16-47-17-33)48-11-10-43(18)23-12-19(22-7-5-9-26(38-2)40-22)14-39-30(23)49-20-13-24(31(45)46)44(15-20)29-28-27(41-32(42-29)34(35,36)37)21-6-3-4-8-25(21)50-28/h3-9,12,14,18,20,24H,10-11,13,15-17H2,1-2H3,(H,38,40)(H,45,46)/t18-,20?,24-/m0/s1. The summed E-state index contributed by atoms with van der Waals surface area (Å²) in [5.41, 5.74) is 1.75. The van der Waals surface area contributed by atoms with Gasteiger partial charge in [-0.3, -0.25) is 0 Å². The maximum atomic E-state index is 14.1. The molecule has 3 atom stereocenters. The summed E-state index contributed by atoms with van der Waals surface area (Å²) < 4.78 is 66.4. The van der Waals surface area contributed by atoms with Crippen LogP contribution in [0.5, 0.6) is 5.88 Å². The van der Waals surface area contributed by atoms with E-state index in [0.717, 1.165) is 5.56 Å². The first kappa shape index (κ1) is 32.0. The molecule has 0 amide bonds. The highest BCUT2D eigenvalue weighted by Crippen LogP contribution is 2.42. The second kappa shape index (κ2) is 12.0. The number of nitrogens with zero attached hydrogens (tertiary/aromatic N) is 6. The molecule has 3 aliphatic rings. The van der Waals surface area contributed by atoms with Crippen molar-refractivity contribution in [2.24, 2.45) is 0 Å². The summed E-state index contributed by atoms with van der Waals surface area (Å²) in [4.78, 5) is 33.1. The van der Waals surface area contributed by atoms with Crippen molar-refractivity contribution in [2.45, 2.75) is 43.3 Å². The Morgan fingerprint density at radius 2 is 1.92 bits per heavy atom. The van der Waals surface area contributed by atoms with Gasteiger partial charge in [0, 0.05) is 37.2 Å². The number of hydrogen-bond acceptors (Lipinski definition) is 12. The monoisotopic (exact) mass is 691 g/mol. The van der Waals surface area contributed by atoms with Gasteiger partial charge in [-0.25, -0.2) is 24.7 Å². The third-order valence-electron chi connectivity index (χ3n) is 9.64. The van der Waals surface area contributed by atoms with Gasteiger partial charge in [-0.2, -0.15) is 13.2 Å². The molecule has 8 rings (SSSR count). The Morgan fingerprint density at radius 3 is 2.66 bits per heavy atom. The number of furan rings is 1. The van der Waals surface area contributed by atoms with E-state index in [1.54, 1.807) is 37.5 Å². The van der Waals surface area contributed by atoms with Gasteiger partial charge in [0.2, 0.25) is 11.7 Å². The van der Waals surface area contributed by atoms with Gasteiger partial charge in [0.1, 0.15) is 40.4 Å². The van der Waals surface area contributed by atoms with Crippen molar-refractivity contribution in [3.8, 4) is 17.1 Å². The largest absolute Gasteiger partial charge is 0.480 e. The van der Waals surface area contributed by atoms with Crippen LogP contribution in [0.25, 0.3) is 33.3 Å². The molecule has 3 fully saturated rings. The molecule has 5 aromatic rings. The number of nitrogens with one attached hydrogen (secondary N) is 1. The zero-order chi connectivity index (χ0) is 34.8. The van der Waals surface area contributed by atoms with Crippen molar-refractivity contribution in [3.63, 3.8) is 0 Å². The minimum absolute atomic E-state index is 0.0410. The predicted octanol–water partition coefficient (Wildman–Crippen LogP) is 5.00. The molecule has 3 saturated heterocycles. The average Bonchev–Trinajstić information content (AvgIpc) is 3.69. The topological polar surface area (TPSA) is 148 Å². The van der Waals surface area contributed by atoms with E-state index in [1.807, 2.05) is 31.2 Å². The van der Waals surface area contributed by atoms with Crippen LogP contribution in [0.4, 0.5) is 30.5 Å². The minimum Gasteiger partial charge on any atom is -0.480 e. The number of fused-ring (bicyclic) bond motifs is 3. The van der Waals surface area contributed by atoms with E-state index in [2.05, 4.69) is 25.2 Å². The summed E-state index contributed by atoms with van der Waals surface area (Å²) in [5, 5.41) is 13.7. The van der Waals surface area contributed by atoms with Gasteiger partial charge in [-0.05, 0) is 37.3 Å². The molecule has 0 bridgehead atoms. The number of hydrogen-bond donors (Lipinski definition) is 2. The molecule has 7 heterocycles. The van der Waals surface area contributed by atoms with Crippen LogP contribution in [-0.4, -0.2) is 94.8 Å². The summed E-state index contributed by atoms with van der Waals surface area (Å²) in [5.74, 6) is -2.00. The fourth-order valence-electron chi connectivity index (χ4n) is 6.92. The van der Waals surface area contributed by atoms with Gasteiger partial charge in [-0.1, -0.05) is 18.2 Å². The Bertz CT molecular complexity index is 2110. The van der Waals surface area contributed by atoms with Crippen molar-refractivity contribution >= 4 is 45.4 Å². The molecule has 13 nitrogen and oxygen atoms in total. The van der Waals surface area contributed by atoms with E-state index in [1.165, 1.54) is 4.90 Å². The lowest BCUT2D eigenvalue weighted by Crippen LogP contribution is -2.68. The van der Waals surface area contributed by atoms with Crippen LogP contribution in [0.15, 0.2) is 59.1 Å². The molecular weight excluding hydrogens is 659 g/mol. The number of carboxylic acid groups (broad SMARTS) is 1. The number of alkyl halides is 3. The lowest BCUT2D eigenvalue weighted by molar-refractivity contribution is -0.228. The SMILES string of the molecule is CNc1cccc(-c2cnc(OC3C[C@@H](C(=O)O)N(c4nc(C(F)(F)F)nc5c4oc4ccccc45)C3)c(N3CCOC4(COC4)[C@@H]3C)c2)n1. The van der Waals surface area contributed by atoms with Crippen LogP contribution in [0.2, 0.25) is 0 Å². The van der Waals surface area contributed by atoms with Crippen LogP contribution in [0.3, 0.4) is 0 Å². The summed E-state index contributed by atoms with van der Waals surface area (Å²) in [7, 11) is 1.78. The number of para-hydroxylation sites is 1. The van der Waals surface area contributed by atoms with Crippen LogP contribution in [-0.2, 0) is 20.4 Å². The van der Waals surface area contributed by atoms with Crippen molar-refractivity contribution < 1.29 is 41.7 Å². The molecular formula is C34H32F3N7O6. The first-order valence-electron chi connectivity index (χ1n) is 16.1. The first-order chi connectivity index (χ1) is 24.0. The number of aromatic nitrogens is 4. The lowest BCUT2D eigenvalue weighted by atomic mass is 9.90. The molecule has 0 radical (unpaired) electrons. The second-order valence-electron chi connectivity index (χ2n) is 12.6. The number of morpholine rings is 1. The number of benzene rings is 1. The highest BCUT2D eigenvalue weighted by Gasteiger charge is 2.50.